The van der Waals surface area contributed by atoms with Gasteiger partial charge in [-0.2, -0.15) is 0 Å². The number of hydrogen-bond acceptors (Lipinski definition) is 12. The van der Waals surface area contributed by atoms with Gasteiger partial charge in [0, 0.05) is 30.4 Å². The Morgan fingerprint density at radius 2 is 0.658 bits per heavy atom. The lowest BCUT2D eigenvalue weighted by atomic mass is 10.0. The molecule has 2 fully saturated rings. The van der Waals surface area contributed by atoms with Crippen LogP contribution >= 0.6 is 11.6 Å². The second-order valence-electron chi connectivity index (χ2n) is 19.5. The van der Waals surface area contributed by atoms with E-state index in [9.17, 15) is 0 Å². The maximum Gasteiger partial charge on any atom is 0.224 e. The highest BCUT2D eigenvalue weighted by Gasteiger charge is 2.29. The van der Waals surface area contributed by atoms with E-state index in [0.29, 0.717) is 37.3 Å². The van der Waals surface area contributed by atoms with Crippen molar-refractivity contribution >= 4 is 61.8 Å². The van der Waals surface area contributed by atoms with Crippen LogP contribution in [0.2, 0.25) is 5.28 Å². The Morgan fingerprint density at radius 3 is 0.987 bits per heavy atom. The number of rotatable bonds is 14. The Kier molecular flexibility index (Phi) is 15.2. The van der Waals surface area contributed by atoms with Gasteiger partial charge in [-0.1, -0.05) is 146 Å². The molecule has 6 heterocycles. The Morgan fingerprint density at radius 1 is 0.329 bits per heavy atom. The first-order valence-corrected chi connectivity index (χ1v) is 27.1. The molecule has 0 atom stereocenters. The molecule has 14 rings (SSSR count). The molecular weight excluding hydrogens is 996 g/mol. The molecule has 6 aromatic carbocycles. The van der Waals surface area contributed by atoms with Crippen molar-refractivity contribution in [1.29, 1.82) is 0 Å². The first-order valence-electron chi connectivity index (χ1n) is 26.7. The molecule has 12 nitrogen and oxygen atoms in total. The highest BCUT2D eigenvalue weighted by Crippen LogP contribution is 2.43. The van der Waals surface area contributed by atoms with Crippen molar-refractivity contribution in [2.45, 2.75) is 57.2 Å². The third-order valence-corrected chi connectivity index (χ3v) is 14.0. The monoisotopic (exact) mass is 1050 g/mol. The van der Waals surface area contributed by atoms with Crippen molar-refractivity contribution < 1.29 is 0 Å². The van der Waals surface area contributed by atoms with Crippen molar-refractivity contribution in [2.75, 3.05) is 16.0 Å². The molecule has 2 aliphatic rings. The quantitative estimate of drug-likeness (QED) is 0.0889. The molecule has 0 radical (unpaired) electrons. The average molecular weight is 1050 g/mol. The molecule has 6 aromatic heterocycles. The first-order chi connectivity index (χ1) is 39.1. The van der Waals surface area contributed by atoms with Crippen LogP contribution in [0.4, 0.5) is 17.5 Å². The minimum absolute atomic E-state index is 0.223. The number of aromatic nitrogens is 9. The van der Waals surface area contributed by atoms with Crippen LogP contribution in [0.15, 0.2) is 219 Å². The lowest BCUT2D eigenvalue weighted by molar-refractivity contribution is 0.936. The first kappa shape index (κ1) is 50.3. The van der Waals surface area contributed by atoms with Crippen LogP contribution in [0, 0.1) is 0 Å². The van der Waals surface area contributed by atoms with Gasteiger partial charge in [-0.3, -0.25) is 15.0 Å². The molecule has 3 N–H and O–H groups in total. The smallest absolute Gasteiger partial charge is 0.224 e. The van der Waals surface area contributed by atoms with E-state index >= 15 is 0 Å². The van der Waals surface area contributed by atoms with Crippen molar-refractivity contribution in [1.82, 2.24) is 44.9 Å². The van der Waals surface area contributed by atoms with Crippen LogP contribution in [0.3, 0.4) is 0 Å². The molecule has 0 unspecified atom stereocenters. The molecule has 0 spiro atoms. The summed E-state index contributed by atoms with van der Waals surface area (Å²) < 4.78 is 0. The van der Waals surface area contributed by atoms with E-state index in [1.54, 1.807) is 6.20 Å². The summed E-state index contributed by atoms with van der Waals surface area (Å²) in [7, 11) is 0. The number of hydrogen-bond donors (Lipinski definition) is 3. The molecule has 0 aliphatic heterocycles. The van der Waals surface area contributed by atoms with Gasteiger partial charge < -0.3 is 16.0 Å². The lowest BCUT2D eigenvalue weighted by Crippen LogP contribution is -2.07. The number of anilines is 3. The zero-order valence-corrected chi connectivity index (χ0v) is 44.0. The molecule has 386 valence electrons. The van der Waals surface area contributed by atoms with Gasteiger partial charge in [-0.15, -0.1) is 0 Å². The maximum atomic E-state index is 6.13. The SMILES string of the molecule is Clc1nc(NCc2ccccn2)c2c(-c3ccccc3)cccc2n1.c1ccc(-c2cccc3nc(C4CC4)nc(NCc4ccccn4)c23)cc1.c1ccc(-c2cccc3nc(C4CC4)nc(NCc4ccccn4)c23)cc1. The Bertz CT molecular complexity index is 3810. The van der Waals surface area contributed by atoms with Crippen molar-refractivity contribution in [3.05, 3.63) is 253 Å². The second-order valence-corrected chi connectivity index (χ2v) is 19.8. The van der Waals surface area contributed by atoms with Gasteiger partial charge in [0.05, 0.1) is 69.4 Å². The minimum atomic E-state index is 0.223. The Balaban J connectivity index is 0.000000118. The summed E-state index contributed by atoms with van der Waals surface area (Å²) >= 11 is 6.13. The second kappa shape index (κ2) is 23.8. The number of halogens is 1. The van der Waals surface area contributed by atoms with Crippen LogP contribution in [0.5, 0.6) is 0 Å². The largest absolute Gasteiger partial charge is 0.364 e. The molecular formula is C66H55ClN12. The summed E-state index contributed by atoms with van der Waals surface area (Å²) in [5.74, 6) is 5.42. The highest BCUT2D eigenvalue weighted by atomic mass is 35.5. The number of benzene rings is 6. The molecule has 12 aromatic rings. The van der Waals surface area contributed by atoms with E-state index in [2.05, 4.69) is 144 Å². The predicted octanol–water partition coefficient (Wildman–Crippen LogP) is 15.3. The molecule has 13 heteroatoms. The summed E-state index contributed by atoms with van der Waals surface area (Å²) in [6.07, 6.45) is 10.2. The van der Waals surface area contributed by atoms with Gasteiger partial charge in [0.25, 0.3) is 0 Å². The molecule has 0 bridgehead atoms. The molecule has 0 amide bonds. The van der Waals surface area contributed by atoms with E-state index in [-0.39, 0.29) is 5.28 Å². The number of pyridine rings is 3. The summed E-state index contributed by atoms with van der Waals surface area (Å²) in [4.78, 5) is 41.5. The van der Waals surface area contributed by atoms with E-state index in [1.165, 1.54) is 36.8 Å². The maximum absolute atomic E-state index is 6.13. The summed E-state index contributed by atoms with van der Waals surface area (Å²) in [5, 5.41) is 13.7. The van der Waals surface area contributed by atoms with Crippen LogP contribution in [-0.2, 0) is 19.6 Å². The van der Waals surface area contributed by atoms with Crippen LogP contribution in [0.25, 0.3) is 66.1 Å². The van der Waals surface area contributed by atoms with Crippen LogP contribution in [-0.4, -0.2) is 44.9 Å². The zero-order chi connectivity index (χ0) is 53.2. The predicted molar refractivity (Wildman–Crippen MR) is 319 cm³/mol. The van der Waals surface area contributed by atoms with Gasteiger partial charge in [-0.05, 0) is 125 Å². The normalized spacial score (nSPS) is 12.7. The third-order valence-electron chi connectivity index (χ3n) is 13.8. The third kappa shape index (κ3) is 12.2. The van der Waals surface area contributed by atoms with Gasteiger partial charge in [-0.25, -0.2) is 29.9 Å². The number of fused-ring (bicyclic) bond motifs is 3. The topological polar surface area (TPSA) is 152 Å². The van der Waals surface area contributed by atoms with Gasteiger partial charge in [0.1, 0.15) is 29.1 Å². The summed E-state index contributed by atoms with van der Waals surface area (Å²) in [6, 6.07) is 67.4. The van der Waals surface area contributed by atoms with Crippen LogP contribution < -0.4 is 16.0 Å². The van der Waals surface area contributed by atoms with Gasteiger partial charge >= 0.3 is 0 Å². The van der Waals surface area contributed by atoms with E-state index in [4.69, 9.17) is 31.5 Å². The van der Waals surface area contributed by atoms with Crippen molar-refractivity contribution in [3.63, 3.8) is 0 Å². The van der Waals surface area contributed by atoms with Crippen LogP contribution in [0.1, 0.15) is 66.2 Å². The fourth-order valence-electron chi connectivity index (χ4n) is 9.59. The Labute approximate surface area is 463 Å². The summed E-state index contributed by atoms with van der Waals surface area (Å²) in [6.45, 7) is 1.84. The Hall–Kier alpha value is -9.52. The van der Waals surface area contributed by atoms with E-state index in [1.807, 2.05) is 109 Å². The van der Waals surface area contributed by atoms with Crippen molar-refractivity contribution in [3.8, 4) is 33.4 Å². The minimum Gasteiger partial charge on any atom is -0.364 e. The lowest BCUT2D eigenvalue weighted by Gasteiger charge is -2.14. The zero-order valence-electron chi connectivity index (χ0n) is 43.3. The molecule has 2 aliphatic carbocycles. The molecule has 79 heavy (non-hydrogen) atoms. The fourth-order valence-corrected chi connectivity index (χ4v) is 9.77. The average Bonchev–Trinajstić information content (AvgIpc) is 4.54. The standard InChI is InChI=1S/2C23H20N4.C20H15ClN4/c2*1-2-7-16(8-3-1)19-10-6-11-20-21(19)23(27-22(26-20)17-12-13-17)25-15-18-9-4-5-14-24-18;21-20-24-17-11-6-10-16(14-7-2-1-3-8-14)18(17)19(25-20)23-13-15-9-4-5-12-22-15/h2*1-11,14,17H,12-13,15H2,(H,25,26,27);1-12H,13H2,(H,23,24,25). The highest BCUT2D eigenvalue weighted by molar-refractivity contribution is 6.29. The number of nitrogens with one attached hydrogen (secondary N) is 3. The van der Waals surface area contributed by atoms with E-state index < -0.39 is 0 Å². The number of nitrogens with zero attached hydrogens (tertiary/aromatic N) is 9. The van der Waals surface area contributed by atoms with Gasteiger partial charge in [0.15, 0.2) is 0 Å². The molecule has 2 saturated carbocycles. The van der Waals surface area contributed by atoms with E-state index in [0.717, 1.165) is 95.3 Å². The summed E-state index contributed by atoms with van der Waals surface area (Å²) in [5.41, 5.74) is 12.6. The van der Waals surface area contributed by atoms with Crippen molar-refractivity contribution in [2.24, 2.45) is 0 Å². The fraction of sp³-hybridized carbons (Fsp3) is 0.136. The molecule has 0 saturated heterocycles. The van der Waals surface area contributed by atoms with Gasteiger partial charge in [0.2, 0.25) is 5.28 Å².